The van der Waals surface area contributed by atoms with Gasteiger partial charge < -0.3 is 15.2 Å². The monoisotopic (exact) mass is 366 g/mol. The summed E-state index contributed by atoms with van der Waals surface area (Å²) in [5, 5.41) is 11.6. The zero-order chi connectivity index (χ0) is 18.4. The van der Waals surface area contributed by atoms with Gasteiger partial charge in [-0.1, -0.05) is 30.3 Å². The Morgan fingerprint density at radius 2 is 2.04 bits per heavy atom. The predicted octanol–water partition coefficient (Wildman–Crippen LogP) is 2.54. The summed E-state index contributed by atoms with van der Waals surface area (Å²) in [7, 11) is 0. The van der Waals surface area contributed by atoms with Gasteiger partial charge in [-0.3, -0.25) is 9.69 Å². The van der Waals surface area contributed by atoms with E-state index in [1.807, 2.05) is 30.3 Å². The van der Waals surface area contributed by atoms with Crippen molar-refractivity contribution in [2.75, 3.05) is 18.9 Å². The first-order chi connectivity index (χ1) is 11.8. The number of hydrogen-bond acceptors (Lipinski definition) is 5. The molecule has 0 radical (unpaired) electrons. The van der Waals surface area contributed by atoms with E-state index in [-0.39, 0.29) is 18.6 Å². The fraction of sp³-hybridized carbons (Fsp3) is 0.556. The molecule has 6 nitrogen and oxygen atoms in total. The Morgan fingerprint density at radius 3 is 2.64 bits per heavy atom. The Morgan fingerprint density at radius 1 is 1.36 bits per heavy atom. The van der Waals surface area contributed by atoms with Gasteiger partial charge in [-0.2, -0.15) is 0 Å². The first-order valence-corrected chi connectivity index (χ1v) is 9.44. The van der Waals surface area contributed by atoms with Crippen LogP contribution in [0.4, 0.5) is 4.79 Å². The largest absolute Gasteiger partial charge is 0.444 e. The van der Waals surface area contributed by atoms with Crippen molar-refractivity contribution in [3.05, 3.63) is 35.9 Å². The Kier molecular flexibility index (Phi) is 6.72. The van der Waals surface area contributed by atoms with Crippen molar-refractivity contribution in [1.82, 2.24) is 10.2 Å². The number of hydrogen-bond donors (Lipinski definition) is 2. The molecule has 2 N–H and O–H groups in total. The van der Waals surface area contributed by atoms with Crippen LogP contribution < -0.4 is 5.32 Å². The van der Waals surface area contributed by atoms with Crippen LogP contribution in [0.15, 0.2) is 30.3 Å². The molecule has 0 aliphatic carbocycles. The van der Waals surface area contributed by atoms with Gasteiger partial charge in [0.1, 0.15) is 5.60 Å². The first kappa shape index (κ1) is 19.6. The van der Waals surface area contributed by atoms with Crippen LogP contribution in [-0.4, -0.2) is 51.9 Å². The number of aliphatic hydroxyl groups excluding tert-OH is 1. The highest BCUT2D eigenvalue weighted by Crippen LogP contribution is 2.27. The van der Waals surface area contributed by atoms with Gasteiger partial charge in [0.15, 0.2) is 5.37 Å². The van der Waals surface area contributed by atoms with Crippen molar-refractivity contribution < 1.29 is 19.4 Å². The van der Waals surface area contributed by atoms with E-state index in [9.17, 15) is 14.7 Å². The van der Waals surface area contributed by atoms with E-state index < -0.39 is 17.1 Å². The number of carbonyl (C=O) groups is 2. The van der Waals surface area contributed by atoms with Crippen LogP contribution in [0.3, 0.4) is 0 Å². The van der Waals surface area contributed by atoms with Crippen LogP contribution in [0.25, 0.3) is 0 Å². The number of ether oxygens (including phenoxy) is 1. The number of thioether (sulfide) groups is 1. The molecule has 2 atom stereocenters. The van der Waals surface area contributed by atoms with E-state index >= 15 is 0 Å². The predicted molar refractivity (Wildman–Crippen MR) is 98.2 cm³/mol. The second-order valence-corrected chi connectivity index (χ2v) is 8.07. The highest BCUT2D eigenvalue weighted by molar-refractivity contribution is 8.00. The smallest absolute Gasteiger partial charge is 0.411 e. The molecule has 2 rings (SSSR count). The number of amides is 2. The van der Waals surface area contributed by atoms with Gasteiger partial charge in [0, 0.05) is 18.9 Å². The van der Waals surface area contributed by atoms with Crippen molar-refractivity contribution in [3.63, 3.8) is 0 Å². The van der Waals surface area contributed by atoms with Crippen molar-refractivity contribution in [3.8, 4) is 0 Å². The molecular formula is C18H26N2O4S. The SMILES string of the molecule is CC(C)(C)OC(=O)N1CCSC1C(=O)N[C@H](CCO)c1ccccc1. The quantitative estimate of drug-likeness (QED) is 0.837. The molecule has 1 heterocycles. The van der Waals surface area contributed by atoms with Gasteiger partial charge in [-0.05, 0) is 32.8 Å². The molecule has 1 aromatic carbocycles. The van der Waals surface area contributed by atoms with Crippen molar-refractivity contribution in [2.45, 2.75) is 44.2 Å². The van der Waals surface area contributed by atoms with Crippen molar-refractivity contribution in [1.29, 1.82) is 0 Å². The Bertz CT molecular complexity index is 588. The lowest BCUT2D eigenvalue weighted by molar-refractivity contribution is -0.124. The summed E-state index contributed by atoms with van der Waals surface area (Å²) in [5.41, 5.74) is 0.325. The standard InChI is InChI=1S/C18H26N2O4S/c1-18(2,3)24-17(23)20-10-12-25-16(20)15(22)19-14(9-11-21)13-7-5-4-6-8-13/h4-8,14,16,21H,9-12H2,1-3H3,(H,19,22)/t14-,16?/m1/s1. The first-order valence-electron chi connectivity index (χ1n) is 8.39. The minimum atomic E-state index is -0.611. The number of nitrogens with zero attached hydrogens (tertiary/aromatic N) is 1. The van der Waals surface area contributed by atoms with Crippen LogP contribution in [0.5, 0.6) is 0 Å². The third kappa shape index (κ3) is 5.64. The van der Waals surface area contributed by atoms with Gasteiger partial charge >= 0.3 is 6.09 Å². The van der Waals surface area contributed by atoms with E-state index in [4.69, 9.17) is 4.74 Å². The summed E-state index contributed by atoms with van der Waals surface area (Å²) in [5.74, 6) is 0.448. The average Bonchev–Trinajstić information content (AvgIpc) is 3.03. The second kappa shape index (κ2) is 8.58. The van der Waals surface area contributed by atoms with Gasteiger partial charge in [-0.15, -0.1) is 11.8 Å². The minimum Gasteiger partial charge on any atom is -0.444 e. The maximum Gasteiger partial charge on any atom is 0.411 e. The lowest BCUT2D eigenvalue weighted by Gasteiger charge is -2.28. The van der Waals surface area contributed by atoms with E-state index in [0.717, 1.165) is 5.56 Å². The van der Waals surface area contributed by atoms with Gasteiger partial charge in [0.25, 0.3) is 5.91 Å². The normalized spacial score (nSPS) is 18.7. The molecule has 0 spiro atoms. The summed E-state index contributed by atoms with van der Waals surface area (Å²) >= 11 is 1.42. The third-order valence-electron chi connectivity index (χ3n) is 3.68. The number of benzene rings is 1. The molecule has 7 heteroatoms. The van der Waals surface area contributed by atoms with Crippen LogP contribution in [0, 0.1) is 0 Å². The molecular weight excluding hydrogens is 340 g/mol. The molecule has 0 bridgehead atoms. The molecule has 1 unspecified atom stereocenters. The lowest BCUT2D eigenvalue weighted by atomic mass is 10.0. The highest BCUT2D eigenvalue weighted by Gasteiger charge is 2.38. The molecule has 0 aromatic heterocycles. The maximum atomic E-state index is 12.7. The van der Waals surface area contributed by atoms with Crippen LogP contribution in [-0.2, 0) is 9.53 Å². The van der Waals surface area contributed by atoms with Gasteiger partial charge in [-0.25, -0.2) is 4.79 Å². The third-order valence-corrected chi connectivity index (χ3v) is 4.88. The molecule has 1 fully saturated rings. The van der Waals surface area contributed by atoms with Crippen molar-refractivity contribution in [2.24, 2.45) is 0 Å². The highest BCUT2D eigenvalue weighted by atomic mass is 32.2. The summed E-state index contributed by atoms with van der Waals surface area (Å²) in [6, 6.07) is 9.22. The van der Waals surface area contributed by atoms with Gasteiger partial charge in [0.2, 0.25) is 0 Å². The fourth-order valence-corrected chi connectivity index (χ4v) is 3.69. The molecule has 1 aromatic rings. The Balaban J connectivity index is 2.05. The molecule has 1 aliphatic rings. The number of rotatable bonds is 5. The summed E-state index contributed by atoms with van der Waals surface area (Å²) in [6.07, 6.45) is -0.0596. The molecule has 1 saturated heterocycles. The minimum absolute atomic E-state index is 0.0343. The van der Waals surface area contributed by atoms with E-state index in [1.54, 1.807) is 20.8 Å². The van der Waals surface area contributed by atoms with E-state index in [0.29, 0.717) is 18.7 Å². The fourth-order valence-electron chi connectivity index (χ4n) is 2.57. The topological polar surface area (TPSA) is 78.9 Å². The Hall–Kier alpha value is -1.73. The number of aliphatic hydroxyl groups is 1. The Labute approximate surface area is 152 Å². The molecule has 2 amide bonds. The molecule has 0 saturated carbocycles. The number of nitrogens with one attached hydrogen (secondary N) is 1. The lowest BCUT2D eigenvalue weighted by Crippen LogP contribution is -2.47. The maximum absolute atomic E-state index is 12.7. The van der Waals surface area contributed by atoms with Gasteiger partial charge in [0.05, 0.1) is 6.04 Å². The number of carbonyl (C=O) groups excluding carboxylic acids is 2. The molecule has 1 aliphatic heterocycles. The average molecular weight is 366 g/mol. The summed E-state index contributed by atoms with van der Waals surface area (Å²) < 4.78 is 5.39. The summed E-state index contributed by atoms with van der Waals surface area (Å²) in [4.78, 5) is 26.5. The van der Waals surface area contributed by atoms with E-state index in [1.165, 1.54) is 16.7 Å². The zero-order valence-electron chi connectivity index (χ0n) is 14.9. The second-order valence-electron chi connectivity index (χ2n) is 6.88. The van der Waals surface area contributed by atoms with Crippen molar-refractivity contribution >= 4 is 23.8 Å². The molecule has 138 valence electrons. The van der Waals surface area contributed by atoms with Crippen LogP contribution in [0.2, 0.25) is 0 Å². The van der Waals surface area contributed by atoms with Crippen LogP contribution >= 0.6 is 11.8 Å². The zero-order valence-corrected chi connectivity index (χ0v) is 15.7. The molecule has 25 heavy (non-hydrogen) atoms. The van der Waals surface area contributed by atoms with Crippen LogP contribution in [0.1, 0.15) is 38.8 Å². The van der Waals surface area contributed by atoms with E-state index in [2.05, 4.69) is 5.32 Å². The summed E-state index contributed by atoms with van der Waals surface area (Å²) in [6.45, 7) is 5.85.